The molecule has 0 spiro atoms. The lowest BCUT2D eigenvalue weighted by atomic mass is 9.79. The minimum absolute atomic E-state index is 0.127. The zero-order valence-corrected chi connectivity index (χ0v) is 15.0. The van der Waals surface area contributed by atoms with Gasteiger partial charge < -0.3 is 14.4 Å². The monoisotopic (exact) mass is 445 g/mol. The van der Waals surface area contributed by atoms with Crippen LogP contribution in [0.5, 0.6) is 5.75 Å². The normalized spacial score (nSPS) is 17.0. The Balaban J connectivity index is 1.87. The van der Waals surface area contributed by atoms with Crippen LogP contribution in [0.25, 0.3) is 0 Å². The highest BCUT2D eigenvalue weighted by atomic mass is 127. The van der Waals surface area contributed by atoms with Crippen LogP contribution in [0.15, 0.2) is 47.4 Å². The Bertz CT molecular complexity index is 828. The van der Waals surface area contributed by atoms with E-state index in [9.17, 15) is 13.4 Å². The molecule has 2 aromatic carbocycles. The van der Waals surface area contributed by atoms with E-state index in [1.165, 1.54) is 19.2 Å². The van der Waals surface area contributed by atoms with Crippen molar-refractivity contribution in [2.45, 2.75) is 9.01 Å². The lowest BCUT2D eigenvalue weighted by molar-refractivity contribution is 0.279. The first-order chi connectivity index (χ1) is 10.9. The number of anilines is 1. The van der Waals surface area contributed by atoms with Crippen molar-refractivity contribution in [3.63, 3.8) is 0 Å². The molecule has 23 heavy (non-hydrogen) atoms. The summed E-state index contributed by atoms with van der Waals surface area (Å²) in [6.07, 6.45) is 0. The van der Waals surface area contributed by atoms with Gasteiger partial charge >= 0.3 is 7.12 Å². The lowest BCUT2D eigenvalue weighted by Gasteiger charge is -2.10. The topological polar surface area (TPSA) is 84.9 Å². The third kappa shape index (κ3) is 3.32. The summed E-state index contributed by atoms with van der Waals surface area (Å²) in [5.41, 5.74) is 1.78. The molecule has 0 radical (unpaired) electrons. The number of alkyl halides is 1. The van der Waals surface area contributed by atoms with Gasteiger partial charge in [0.1, 0.15) is 9.86 Å². The molecule has 0 aromatic heterocycles. The Labute approximate surface area is 148 Å². The van der Waals surface area contributed by atoms with Crippen LogP contribution in [0.4, 0.5) is 5.69 Å². The SMILES string of the molecule is COc1ccc(S(=O)(=O)Nc2ccc3c(c2)B(O)OC3I)cc1. The van der Waals surface area contributed by atoms with E-state index >= 15 is 0 Å². The molecule has 2 aromatic rings. The van der Waals surface area contributed by atoms with Crippen molar-refractivity contribution in [3.05, 3.63) is 48.0 Å². The minimum Gasteiger partial charge on any atom is -0.497 e. The molecule has 1 heterocycles. The third-order valence-electron chi connectivity index (χ3n) is 3.47. The number of halogens is 1. The van der Waals surface area contributed by atoms with Crippen molar-refractivity contribution < 1.29 is 22.8 Å². The van der Waals surface area contributed by atoms with Gasteiger partial charge in [-0.3, -0.25) is 4.72 Å². The van der Waals surface area contributed by atoms with Crippen LogP contribution in [-0.4, -0.2) is 27.7 Å². The first-order valence-electron chi connectivity index (χ1n) is 6.69. The Morgan fingerprint density at radius 1 is 1.26 bits per heavy atom. The molecule has 0 saturated carbocycles. The molecule has 1 unspecified atom stereocenters. The van der Waals surface area contributed by atoms with Gasteiger partial charge in [-0.25, -0.2) is 8.42 Å². The summed E-state index contributed by atoms with van der Waals surface area (Å²) in [5.74, 6) is 0.579. The zero-order chi connectivity index (χ0) is 16.6. The maximum Gasteiger partial charge on any atom is 0.492 e. The van der Waals surface area contributed by atoms with E-state index in [-0.39, 0.29) is 9.01 Å². The maximum absolute atomic E-state index is 12.4. The van der Waals surface area contributed by atoms with Crippen LogP contribution in [-0.2, 0) is 14.7 Å². The fourth-order valence-electron chi connectivity index (χ4n) is 2.29. The first kappa shape index (κ1) is 16.6. The number of ether oxygens (including phenoxy) is 1. The lowest BCUT2D eigenvalue weighted by Crippen LogP contribution is -2.28. The number of nitrogens with one attached hydrogen (secondary N) is 1. The Morgan fingerprint density at radius 3 is 2.61 bits per heavy atom. The average Bonchev–Trinajstić information content (AvgIpc) is 2.81. The molecule has 2 N–H and O–H groups in total. The molecule has 0 fully saturated rings. The van der Waals surface area contributed by atoms with E-state index in [1.807, 2.05) is 0 Å². The van der Waals surface area contributed by atoms with Gasteiger partial charge in [-0.2, -0.15) is 0 Å². The van der Waals surface area contributed by atoms with Crippen LogP contribution in [0.3, 0.4) is 0 Å². The Kier molecular flexibility index (Phi) is 4.54. The zero-order valence-electron chi connectivity index (χ0n) is 12.1. The summed E-state index contributed by atoms with van der Waals surface area (Å²) in [4.78, 5) is 0.127. The second-order valence-corrected chi connectivity index (χ2v) is 7.74. The molecule has 1 atom stereocenters. The van der Waals surface area contributed by atoms with E-state index in [2.05, 4.69) is 27.3 Å². The Morgan fingerprint density at radius 2 is 1.96 bits per heavy atom. The largest absolute Gasteiger partial charge is 0.497 e. The molecular weight excluding hydrogens is 432 g/mol. The van der Waals surface area contributed by atoms with Crippen molar-refractivity contribution in [3.8, 4) is 5.75 Å². The summed E-state index contributed by atoms with van der Waals surface area (Å²) in [5, 5.41) is 9.83. The minimum atomic E-state index is -3.72. The quantitative estimate of drug-likeness (QED) is 0.425. The van der Waals surface area contributed by atoms with Gasteiger partial charge in [0.25, 0.3) is 10.0 Å². The average molecular weight is 445 g/mol. The molecular formula is C14H13BINO5S. The second-order valence-electron chi connectivity index (χ2n) is 4.93. The highest BCUT2D eigenvalue weighted by Crippen LogP contribution is 2.31. The van der Waals surface area contributed by atoms with Crippen LogP contribution < -0.4 is 14.9 Å². The molecule has 0 aliphatic carbocycles. The van der Waals surface area contributed by atoms with Gasteiger partial charge in [-0.05, 0) is 70.0 Å². The number of hydrogen-bond acceptors (Lipinski definition) is 5. The molecule has 3 rings (SSSR count). The second kappa shape index (κ2) is 6.31. The maximum atomic E-state index is 12.4. The van der Waals surface area contributed by atoms with E-state index in [4.69, 9.17) is 9.39 Å². The number of rotatable bonds is 4. The molecule has 0 bridgehead atoms. The number of sulfonamides is 1. The highest BCUT2D eigenvalue weighted by molar-refractivity contribution is 14.1. The summed E-state index contributed by atoms with van der Waals surface area (Å²) < 4.78 is 37.3. The fraction of sp³-hybridized carbons (Fsp3) is 0.143. The van der Waals surface area contributed by atoms with Crippen molar-refractivity contribution in [2.24, 2.45) is 0 Å². The summed E-state index contributed by atoms with van der Waals surface area (Å²) >= 11 is 2.06. The van der Waals surface area contributed by atoms with E-state index < -0.39 is 17.1 Å². The van der Waals surface area contributed by atoms with E-state index in [1.54, 1.807) is 30.3 Å². The van der Waals surface area contributed by atoms with Gasteiger partial charge in [0, 0.05) is 5.69 Å². The van der Waals surface area contributed by atoms with Crippen molar-refractivity contribution in [1.82, 2.24) is 0 Å². The molecule has 1 aliphatic rings. The van der Waals surface area contributed by atoms with Gasteiger partial charge in [0.2, 0.25) is 0 Å². The van der Waals surface area contributed by atoms with Crippen molar-refractivity contribution in [1.29, 1.82) is 0 Å². The fourth-order valence-corrected chi connectivity index (χ4v) is 4.18. The number of methoxy groups -OCH3 is 1. The van der Waals surface area contributed by atoms with Crippen molar-refractivity contribution in [2.75, 3.05) is 11.8 Å². The summed E-state index contributed by atoms with van der Waals surface area (Å²) in [7, 11) is -3.25. The molecule has 0 saturated heterocycles. The van der Waals surface area contributed by atoms with Crippen LogP contribution >= 0.6 is 22.6 Å². The smallest absolute Gasteiger partial charge is 0.492 e. The van der Waals surface area contributed by atoms with Gasteiger partial charge in [0.05, 0.1) is 12.0 Å². The van der Waals surface area contributed by atoms with Crippen LogP contribution in [0, 0.1) is 0 Å². The number of fused-ring (bicyclic) bond motifs is 1. The van der Waals surface area contributed by atoms with Gasteiger partial charge in [-0.1, -0.05) is 6.07 Å². The predicted molar refractivity (Wildman–Crippen MR) is 95.7 cm³/mol. The summed E-state index contributed by atoms with van der Waals surface area (Å²) in [6, 6.07) is 11.1. The molecule has 1 aliphatic heterocycles. The van der Waals surface area contributed by atoms with E-state index in [0.29, 0.717) is 16.9 Å². The number of benzene rings is 2. The van der Waals surface area contributed by atoms with Gasteiger partial charge in [-0.15, -0.1) is 0 Å². The molecule has 120 valence electrons. The van der Waals surface area contributed by atoms with E-state index in [0.717, 1.165) is 5.56 Å². The van der Waals surface area contributed by atoms with Gasteiger partial charge in [0.15, 0.2) is 0 Å². The van der Waals surface area contributed by atoms with Crippen LogP contribution in [0.1, 0.15) is 9.67 Å². The predicted octanol–water partition coefficient (Wildman–Crippen LogP) is 1.65. The van der Waals surface area contributed by atoms with Crippen LogP contribution in [0.2, 0.25) is 0 Å². The summed E-state index contributed by atoms with van der Waals surface area (Å²) in [6.45, 7) is 0. The van der Waals surface area contributed by atoms with Crippen molar-refractivity contribution >= 4 is 50.9 Å². The Hall–Kier alpha value is -1.30. The molecule has 6 nitrogen and oxygen atoms in total. The number of hydrogen-bond donors (Lipinski definition) is 2. The molecule has 9 heteroatoms. The highest BCUT2D eigenvalue weighted by Gasteiger charge is 2.33. The third-order valence-corrected chi connectivity index (χ3v) is 5.83. The first-order valence-corrected chi connectivity index (χ1v) is 9.42. The molecule has 0 amide bonds. The standard InChI is InChI=1S/C14H13BINO5S/c1-21-10-3-5-11(6-4-10)23(19,20)17-9-2-7-12-13(8-9)15(18)22-14(12)16/h2-8,14,17-18H,1H3.